The first-order valence-electron chi connectivity index (χ1n) is 3.89. The van der Waals surface area contributed by atoms with E-state index < -0.39 is 0 Å². The summed E-state index contributed by atoms with van der Waals surface area (Å²) in [7, 11) is 0. The monoisotopic (exact) mass is 176 g/mol. The van der Waals surface area contributed by atoms with Crippen LogP contribution < -0.4 is 10.6 Å². The fraction of sp³-hybridized carbons (Fsp3) is 0.857. The second-order valence-electron chi connectivity index (χ2n) is 3.04. The number of piperidine rings is 1. The zero-order valence-electron chi connectivity index (χ0n) is 6.30. The number of rotatable bonds is 0. The van der Waals surface area contributed by atoms with Crippen LogP contribution >= 0.6 is 12.4 Å². The lowest BCUT2D eigenvalue weighted by atomic mass is 9.94. The third kappa shape index (κ3) is 1.49. The van der Waals surface area contributed by atoms with Gasteiger partial charge in [-0.05, 0) is 19.4 Å². The summed E-state index contributed by atoms with van der Waals surface area (Å²) >= 11 is 0. The van der Waals surface area contributed by atoms with E-state index in [1.165, 1.54) is 0 Å². The van der Waals surface area contributed by atoms with E-state index in [-0.39, 0.29) is 24.2 Å². The Morgan fingerprint density at radius 2 is 2.09 bits per heavy atom. The molecule has 2 N–H and O–H groups in total. The van der Waals surface area contributed by atoms with Gasteiger partial charge in [-0.1, -0.05) is 0 Å². The van der Waals surface area contributed by atoms with E-state index in [9.17, 15) is 4.79 Å². The fourth-order valence-corrected chi connectivity index (χ4v) is 1.87. The van der Waals surface area contributed by atoms with Gasteiger partial charge in [-0.15, -0.1) is 12.4 Å². The van der Waals surface area contributed by atoms with Crippen molar-refractivity contribution in [2.45, 2.75) is 18.9 Å². The van der Waals surface area contributed by atoms with Crippen LogP contribution in [-0.4, -0.2) is 25.0 Å². The van der Waals surface area contributed by atoms with Crippen LogP contribution in [0.4, 0.5) is 0 Å². The molecule has 2 atom stereocenters. The van der Waals surface area contributed by atoms with Gasteiger partial charge in [-0.3, -0.25) is 4.79 Å². The highest BCUT2D eigenvalue weighted by molar-refractivity contribution is 5.85. The lowest BCUT2D eigenvalue weighted by Crippen LogP contribution is -2.45. The summed E-state index contributed by atoms with van der Waals surface area (Å²) in [5.41, 5.74) is 0. The minimum absolute atomic E-state index is 0. The van der Waals surface area contributed by atoms with E-state index in [0.29, 0.717) is 6.04 Å². The number of hydrogen-bond donors (Lipinski definition) is 2. The summed E-state index contributed by atoms with van der Waals surface area (Å²) < 4.78 is 0. The van der Waals surface area contributed by atoms with E-state index in [1.54, 1.807) is 0 Å². The van der Waals surface area contributed by atoms with Crippen LogP contribution in [-0.2, 0) is 4.79 Å². The predicted octanol–water partition coefficient (Wildman–Crippen LogP) is -0.0938. The molecular formula is C7H13ClN2O. The van der Waals surface area contributed by atoms with Gasteiger partial charge in [0.1, 0.15) is 0 Å². The van der Waals surface area contributed by atoms with Crippen molar-refractivity contribution in [2.24, 2.45) is 5.92 Å². The molecule has 2 unspecified atom stereocenters. The molecule has 2 aliphatic heterocycles. The molecule has 64 valence electrons. The highest BCUT2D eigenvalue weighted by atomic mass is 35.5. The van der Waals surface area contributed by atoms with E-state index in [2.05, 4.69) is 10.6 Å². The van der Waals surface area contributed by atoms with Crippen LogP contribution in [0.25, 0.3) is 0 Å². The molecule has 0 bridgehead atoms. The lowest BCUT2D eigenvalue weighted by Gasteiger charge is -2.24. The van der Waals surface area contributed by atoms with E-state index in [4.69, 9.17) is 0 Å². The summed E-state index contributed by atoms with van der Waals surface area (Å²) in [6, 6.07) is 0.480. The highest BCUT2D eigenvalue weighted by Gasteiger charge is 2.34. The molecule has 1 amide bonds. The van der Waals surface area contributed by atoms with Crippen LogP contribution in [0.5, 0.6) is 0 Å². The molecule has 0 aromatic carbocycles. The Balaban J connectivity index is 0.000000605. The van der Waals surface area contributed by atoms with Crippen molar-refractivity contribution in [1.29, 1.82) is 0 Å². The van der Waals surface area contributed by atoms with Crippen molar-refractivity contribution in [3.05, 3.63) is 0 Å². The van der Waals surface area contributed by atoms with E-state index >= 15 is 0 Å². The molecule has 2 fully saturated rings. The van der Waals surface area contributed by atoms with Crippen LogP contribution in [0, 0.1) is 5.92 Å². The smallest absolute Gasteiger partial charge is 0.224 e. The molecule has 2 saturated heterocycles. The van der Waals surface area contributed by atoms with Crippen molar-refractivity contribution < 1.29 is 4.79 Å². The third-order valence-electron chi connectivity index (χ3n) is 2.44. The lowest BCUT2D eigenvalue weighted by molar-refractivity contribution is -0.126. The summed E-state index contributed by atoms with van der Waals surface area (Å²) in [5.74, 6) is 0.523. The Labute approximate surface area is 72.3 Å². The number of fused-ring (bicyclic) bond motifs is 1. The van der Waals surface area contributed by atoms with Gasteiger partial charge in [0.2, 0.25) is 5.91 Å². The van der Waals surface area contributed by atoms with Crippen LogP contribution in [0.2, 0.25) is 0 Å². The number of carbonyl (C=O) groups is 1. The molecule has 4 heteroatoms. The second-order valence-corrected chi connectivity index (χ2v) is 3.04. The van der Waals surface area contributed by atoms with Crippen LogP contribution in [0.1, 0.15) is 12.8 Å². The molecule has 0 aromatic heterocycles. The molecule has 0 saturated carbocycles. The minimum Gasteiger partial charge on any atom is -0.356 e. The molecule has 2 aliphatic rings. The summed E-state index contributed by atoms with van der Waals surface area (Å²) in [5, 5.41) is 6.20. The van der Waals surface area contributed by atoms with Crippen LogP contribution in [0.15, 0.2) is 0 Å². The second kappa shape index (κ2) is 3.41. The molecule has 0 spiro atoms. The third-order valence-corrected chi connectivity index (χ3v) is 2.44. The van der Waals surface area contributed by atoms with Gasteiger partial charge in [0, 0.05) is 12.6 Å². The van der Waals surface area contributed by atoms with Gasteiger partial charge in [-0.25, -0.2) is 0 Å². The van der Waals surface area contributed by atoms with Gasteiger partial charge in [0.15, 0.2) is 0 Å². The Bertz CT molecular complexity index is 163. The zero-order chi connectivity index (χ0) is 6.97. The van der Waals surface area contributed by atoms with Crippen LogP contribution in [0.3, 0.4) is 0 Å². The molecule has 3 nitrogen and oxygen atoms in total. The van der Waals surface area contributed by atoms with Gasteiger partial charge in [-0.2, -0.15) is 0 Å². The number of amides is 1. The molecule has 11 heavy (non-hydrogen) atoms. The van der Waals surface area contributed by atoms with Gasteiger partial charge in [0.05, 0.1) is 5.92 Å². The first kappa shape index (κ1) is 8.81. The standard InChI is InChI=1S/C7H12N2O.ClH/c10-7-5-1-3-8-6(5)2-4-9-7;/h5-6,8H,1-4H2,(H,9,10);1H. The number of halogens is 1. The Morgan fingerprint density at radius 1 is 1.27 bits per heavy atom. The fourth-order valence-electron chi connectivity index (χ4n) is 1.87. The molecular weight excluding hydrogens is 164 g/mol. The topological polar surface area (TPSA) is 41.1 Å². The number of nitrogens with one attached hydrogen (secondary N) is 2. The summed E-state index contributed by atoms with van der Waals surface area (Å²) in [4.78, 5) is 11.1. The Hall–Kier alpha value is -0.280. The first-order valence-corrected chi connectivity index (χ1v) is 3.89. The molecule has 2 rings (SSSR count). The highest BCUT2D eigenvalue weighted by Crippen LogP contribution is 2.20. The van der Waals surface area contributed by atoms with Gasteiger partial charge >= 0.3 is 0 Å². The predicted molar refractivity (Wildman–Crippen MR) is 44.8 cm³/mol. The van der Waals surface area contributed by atoms with Crippen molar-refractivity contribution in [2.75, 3.05) is 13.1 Å². The van der Waals surface area contributed by atoms with Crippen molar-refractivity contribution in [1.82, 2.24) is 10.6 Å². The average Bonchev–Trinajstić information content (AvgIpc) is 2.36. The SMILES string of the molecule is Cl.O=C1NCCC2NCCC12. The maximum atomic E-state index is 11.1. The van der Waals surface area contributed by atoms with E-state index in [1.807, 2.05) is 0 Å². The number of hydrogen-bond acceptors (Lipinski definition) is 2. The largest absolute Gasteiger partial charge is 0.356 e. The van der Waals surface area contributed by atoms with Gasteiger partial charge < -0.3 is 10.6 Å². The van der Waals surface area contributed by atoms with E-state index in [0.717, 1.165) is 25.9 Å². The molecule has 0 radical (unpaired) electrons. The van der Waals surface area contributed by atoms with Crippen molar-refractivity contribution in [3.8, 4) is 0 Å². The first-order chi connectivity index (χ1) is 4.88. The van der Waals surface area contributed by atoms with Crippen molar-refractivity contribution in [3.63, 3.8) is 0 Å². The number of carbonyl (C=O) groups excluding carboxylic acids is 1. The average molecular weight is 177 g/mol. The van der Waals surface area contributed by atoms with Gasteiger partial charge in [0.25, 0.3) is 0 Å². The van der Waals surface area contributed by atoms with Crippen molar-refractivity contribution >= 4 is 18.3 Å². The quantitative estimate of drug-likeness (QED) is 0.542. The molecule has 2 heterocycles. The Morgan fingerprint density at radius 3 is 2.82 bits per heavy atom. The normalized spacial score (nSPS) is 35.5. The zero-order valence-corrected chi connectivity index (χ0v) is 7.12. The summed E-state index contributed by atoms with van der Waals surface area (Å²) in [6.07, 6.45) is 2.13. The minimum atomic E-state index is 0. The summed E-state index contributed by atoms with van der Waals surface area (Å²) in [6.45, 7) is 1.87. The molecule has 0 aromatic rings. The maximum absolute atomic E-state index is 11.1. The Kier molecular flexibility index (Phi) is 2.73. The molecule has 0 aliphatic carbocycles. The maximum Gasteiger partial charge on any atom is 0.224 e.